The van der Waals surface area contributed by atoms with E-state index in [0.29, 0.717) is 0 Å². The molecule has 5 heteroatoms. The summed E-state index contributed by atoms with van der Waals surface area (Å²) in [6, 6.07) is 0. The maximum absolute atomic E-state index is 12.1. The molecule has 1 aliphatic heterocycles. The lowest BCUT2D eigenvalue weighted by Crippen LogP contribution is -2.38. The molecule has 82 valence electrons. The largest absolute Gasteiger partial charge is 0.337 e. The Morgan fingerprint density at radius 2 is 2.13 bits per heavy atom. The number of carbonyl (C=O) groups excluding carboxylic acids is 1. The molecule has 15 heavy (non-hydrogen) atoms. The summed E-state index contributed by atoms with van der Waals surface area (Å²) < 4.78 is 1.74. The third-order valence-corrected chi connectivity index (χ3v) is 3.71. The number of hydrogen-bond donors (Lipinski definition) is 0. The van der Waals surface area contributed by atoms with E-state index in [1.807, 2.05) is 30.6 Å². The molecule has 1 aromatic heterocycles. The van der Waals surface area contributed by atoms with Gasteiger partial charge in [-0.15, -0.1) is 0 Å². The van der Waals surface area contributed by atoms with Gasteiger partial charge < -0.3 is 4.90 Å². The first-order chi connectivity index (χ1) is 7.20. The van der Waals surface area contributed by atoms with E-state index in [4.69, 9.17) is 0 Å². The van der Waals surface area contributed by atoms with E-state index in [1.165, 1.54) is 0 Å². The van der Waals surface area contributed by atoms with Crippen LogP contribution in [-0.4, -0.2) is 45.2 Å². The summed E-state index contributed by atoms with van der Waals surface area (Å²) in [6.07, 6.45) is 1.67. The summed E-state index contributed by atoms with van der Waals surface area (Å²) in [5.74, 6) is 2.22. The van der Waals surface area contributed by atoms with Crippen LogP contribution in [0.4, 0.5) is 0 Å². The van der Waals surface area contributed by atoms with Crippen LogP contribution in [-0.2, 0) is 7.05 Å². The first-order valence-corrected chi connectivity index (χ1v) is 6.21. The minimum atomic E-state index is 0.126. The zero-order valence-electron chi connectivity index (χ0n) is 9.06. The highest BCUT2D eigenvalue weighted by atomic mass is 32.2. The monoisotopic (exact) mass is 225 g/mol. The van der Waals surface area contributed by atoms with Gasteiger partial charge in [-0.25, -0.2) is 0 Å². The van der Waals surface area contributed by atoms with E-state index < -0.39 is 0 Å². The summed E-state index contributed by atoms with van der Waals surface area (Å²) >= 11 is 1.91. The summed E-state index contributed by atoms with van der Waals surface area (Å²) in [5.41, 5.74) is 1.68. The molecule has 0 bridgehead atoms. The molecule has 1 saturated heterocycles. The van der Waals surface area contributed by atoms with Crippen LogP contribution in [0.15, 0.2) is 6.20 Å². The van der Waals surface area contributed by atoms with E-state index in [-0.39, 0.29) is 5.91 Å². The van der Waals surface area contributed by atoms with Crippen LogP contribution in [0.2, 0.25) is 0 Å². The number of aromatic nitrogens is 2. The Morgan fingerprint density at radius 1 is 1.47 bits per heavy atom. The second kappa shape index (κ2) is 4.26. The van der Waals surface area contributed by atoms with Crippen molar-refractivity contribution in [3.05, 3.63) is 17.5 Å². The van der Waals surface area contributed by atoms with Gasteiger partial charge in [0.15, 0.2) is 0 Å². The molecule has 1 amide bonds. The smallest absolute Gasteiger partial charge is 0.257 e. The second-order valence-corrected chi connectivity index (χ2v) is 4.90. The summed E-state index contributed by atoms with van der Waals surface area (Å²) in [7, 11) is 1.86. The quantitative estimate of drug-likeness (QED) is 0.713. The molecule has 0 aliphatic carbocycles. The number of rotatable bonds is 1. The molecule has 0 aromatic carbocycles. The molecule has 0 unspecified atom stereocenters. The molecule has 1 fully saturated rings. The Labute approximate surface area is 93.6 Å². The molecule has 1 aliphatic rings. The molecule has 2 rings (SSSR count). The molecule has 4 nitrogen and oxygen atoms in total. The van der Waals surface area contributed by atoms with Crippen LogP contribution in [0.25, 0.3) is 0 Å². The van der Waals surface area contributed by atoms with Gasteiger partial charge in [0.25, 0.3) is 5.91 Å². The minimum absolute atomic E-state index is 0.126. The minimum Gasteiger partial charge on any atom is -0.337 e. The molecule has 0 N–H and O–H groups in total. The molecule has 1 aromatic rings. The van der Waals surface area contributed by atoms with E-state index in [1.54, 1.807) is 10.9 Å². The fourth-order valence-electron chi connectivity index (χ4n) is 1.65. The molecule has 0 radical (unpaired) electrons. The SMILES string of the molecule is Cc1c(C(=O)N2CCSCC2)cnn1C. The first kappa shape index (κ1) is 10.5. The van der Waals surface area contributed by atoms with Crippen LogP contribution in [0.5, 0.6) is 0 Å². The highest BCUT2D eigenvalue weighted by Gasteiger charge is 2.21. The van der Waals surface area contributed by atoms with Crippen LogP contribution < -0.4 is 0 Å². The van der Waals surface area contributed by atoms with Gasteiger partial charge in [0.05, 0.1) is 11.8 Å². The lowest BCUT2D eigenvalue weighted by atomic mass is 10.2. The molecule has 0 saturated carbocycles. The third-order valence-electron chi connectivity index (χ3n) is 2.76. The van der Waals surface area contributed by atoms with Crippen molar-refractivity contribution in [1.29, 1.82) is 0 Å². The number of amides is 1. The number of thioether (sulfide) groups is 1. The van der Waals surface area contributed by atoms with Crippen molar-refractivity contribution in [1.82, 2.24) is 14.7 Å². The summed E-state index contributed by atoms with van der Waals surface area (Å²) in [6.45, 7) is 3.65. The Bertz CT molecular complexity index is 369. The second-order valence-electron chi connectivity index (χ2n) is 3.67. The van der Waals surface area contributed by atoms with Crippen molar-refractivity contribution < 1.29 is 4.79 Å². The van der Waals surface area contributed by atoms with Crippen molar-refractivity contribution in [2.45, 2.75) is 6.92 Å². The van der Waals surface area contributed by atoms with Gasteiger partial charge in [0.2, 0.25) is 0 Å². The van der Waals surface area contributed by atoms with Gasteiger partial charge in [0.1, 0.15) is 0 Å². The van der Waals surface area contributed by atoms with Crippen molar-refractivity contribution in [3.63, 3.8) is 0 Å². The van der Waals surface area contributed by atoms with E-state index in [9.17, 15) is 4.79 Å². The van der Waals surface area contributed by atoms with Crippen LogP contribution >= 0.6 is 11.8 Å². The molecule has 0 atom stereocenters. The van der Waals surface area contributed by atoms with E-state index in [0.717, 1.165) is 35.9 Å². The number of hydrogen-bond acceptors (Lipinski definition) is 3. The van der Waals surface area contributed by atoms with Gasteiger partial charge in [-0.2, -0.15) is 16.9 Å². The maximum atomic E-state index is 12.1. The lowest BCUT2D eigenvalue weighted by Gasteiger charge is -2.26. The Morgan fingerprint density at radius 3 is 2.67 bits per heavy atom. The average Bonchev–Trinajstić information content (AvgIpc) is 2.60. The van der Waals surface area contributed by atoms with Gasteiger partial charge in [-0.3, -0.25) is 9.48 Å². The predicted octanol–water partition coefficient (Wildman–Crippen LogP) is 0.918. The highest BCUT2D eigenvalue weighted by Crippen LogP contribution is 2.14. The number of carbonyl (C=O) groups is 1. The highest BCUT2D eigenvalue weighted by molar-refractivity contribution is 7.99. The van der Waals surface area contributed by atoms with Crippen molar-refractivity contribution in [3.8, 4) is 0 Å². The van der Waals surface area contributed by atoms with E-state index >= 15 is 0 Å². The molecule has 2 heterocycles. The zero-order valence-corrected chi connectivity index (χ0v) is 9.88. The average molecular weight is 225 g/mol. The van der Waals surface area contributed by atoms with Crippen molar-refractivity contribution in [2.24, 2.45) is 7.05 Å². The Kier molecular flexibility index (Phi) is 3.00. The molecule has 0 spiro atoms. The summed E-state index contributed by atoms with van der Waals surface area (Å²) in [4.78, 5) is 14.0. The third kappa shape index (κ3) is 2.02. The van der Waals surface area contributed by atoms with Crippen LogP contribution in [0.3, 0.4) is 0 Å². The number of nitrogens with zero attached hydrogens (tertiary/aromatic N) is 3. The lowest BCUT2D eigenvalue weighted by molar-refractivity contribution is 0.0771. The normalized spacial score (nSPS) is 16.8. The van der Waals surface area contributed by atoms with Gasteiger partial charge in [-0.1, -0.05) is 0 Å². The maximum Gasteiger partial charge on any atom is 0.257 e. The van der Waals surface area contributed by atoms with Gasteiger partial charge in [-0.05, 0) is 6.92 Å². The number of aryl methyl sites for hydroxylation is 1. The fourth-order valence-corrected chi connectivity index (χ4v) is 2.55. The molecular formula is C10H15N3OS. The first-order valence-electron chi connectivity index (χ1n) is 5.06. The van der Waals surface area contributed by atoms with Gasteiger partial charge >= 0.3 is 0 Å². The zero-order chi connectivity index (χ0) is 10.8. The Hall–Kier alpha value is -0.970. The van der Waals surface area contributed by atoms with Crippen molar-refractivity contribution in [2.75, 3.05) is 24.6 Å². The van der Waals surface area contributed by atoms with Crippen LogP contribution in [0.1, 0.15) is 16.1 Å². The standard InChI is InChI=1S/C10H15N3OS/c1-8-9(7-11-12(8)2)10(14)13-3-5-15-6-4-13/h7H,3-6H2,1-2H3. The van der Waals surface area contributed by atoms with E-state index in [2.05, 4.69) is 5.10 Å². The fraction of sp³-hybridized carbons (Fsp3) is 0.600. The predicted molar refractivity (Wildman–Crippen MR) is 61.2 cm³/mol. The Balaban J connectivity index is 2.16. The topological polar surface area (TPSA) is 38.1 Å². The van der Waals surface area contributed by atoms with Crippen LogP contribution in [0, 0.1) is 6.92 Å². The van der Waals surface area contributed by atoms with Crippen molar-refractivity contribution >= 4 is 17.7 Å². The summed E-state index contributed by atoms with van der Waals surface area (Å²) in [5, 5.41) is 4.10. The molecular weight excluding hydrogens is 210 g/mol. The van der Waals surface area contributed by atoms with Gasteiger partial charge in [0, 0.05) is 37.3 Å².